The fraction of sp³-hybridized carbons (Fsp3) is 0.357. The number of hydrogen-bond acceptors (Lipinski definition) is 2. The van der Waals surface area contributed by atoms with Crippen LogP contribution in [0.3, 0.4) is 0 Å². The molecule has 1 fully saturated rings. The van der Waals surface area contributed by atoms with E-state index in [4.69, 9.17) is 10.7 Å². The number of benzene rings is 1. The molecular weight excluding hydrogens is 196 g/mol. The van der Waals surface area contributed by atoms with Crippen molar-refractivity contribution in [3.05, 3.63) is 35.0 Å². The van der Waals surface area contributed by atoms with Crippen LogP contribution in [0.4, 0.5) is 5.69 Å². The maximum Gasteiger partial charge on any atom is 0.0757 e. The van der Waals surface area contributed by atoms with Crippen molar-refractivity contribution in [1.29, 1.82) is 0 Å². The van der Waals surface area contributed by atoms with Gasteiger partial charge in [0.15, 0.2) is 0 Å². The molecule has 1 aromatic carbocycles. The van der Waals surface area contributed by atoms with Gasteiger partial charge < -0.3 is 5.73 Å². The highest BCUT2D eigenvalue weighted by Gasteiger charge is 2.25. The minimum absolute atomic E-state index is 0.659. The molecule has 1 aliphatic rings. The molecule has 2 aromatic rings. The zero-order valence-electron chi connectivity index (χ0n) is 9.75. The van der Waals surface area contributed by atoms with E-state index in [-0.39, 0.29) is 0 Å². The van der Waals surface area contributed by atoms with Gasteiger partial charge in [-0.3, -0.25) is 4.98 Å². The normalized spacial score (nSPS) is 15.6. The van der Waals surface area contributed by atoms with Crippen LogP contribution in [-0.4, -0.2) is 4.98 Å². The lowest BCUT2D eigenvalue weighted by molar-refractivity contribution is 1.04. The van der Waals surface area contributed by atoms with E-state index in [0.29, 0.717) is 5.92 Å². The SMILES string of the molecule is Cc1ccc2c(N)cc(C3CC3)nc2c1C. The van der Waals surface area contributed by atoms with Crippen molar-refractivity contribution in [3.8, 4) is 0 Å². The van der Waals surface area contributed by atoms with Crippen LogP contribution in [0, 0.1) is 13.8 Å². The number of aromatic nitrogens is 1. The Morgan fingerprint density at radius 1 is 1.25 bits per heavy atom. The maximum atomic E-state index is 6.10. The molecule has 1 saturated carbocycles. The Balaban J connectivity index is 2.33. The summed E-state index contributed by atoms with van der Waals surface area (Å²) in [4.78, 5) is 4.78. The Bertz CT molecular complexity index is 568. The molecule has 16 heavy (non-hydrogen) atoms. The molecule has 2 heteroatoms. The van der Waals surface area contributed by atoms with E-state index in [1.54, 1.807) is 0 Å². The highest BCUT2D eigenvalue weighted by Crippen LogP contribution is 2.41. The van der Waals surface area contributed by atoms with E-state index in [1.165, 1.54) is 29.7 Å². The molecule has 0 unspecified atom stereocenters. The number of anilines is 1. The second-order valence-corrected chi connectivity index (χ2v) is 4.81. The highest BCUT2D eigenvalue weighted by molar-refractivity contribution is 5.93. The molecule has 0 atom stereocenters. The van der Waals surface area contributed by atoms with Crippen molar-refractivity contribution in [1.82, 2.24) is 4.98 Å². The van der Waals surface area contributed by atoms with Crippen molar-refractivity contribution in [2.75, 3.05) is 5.73 Å². The van der Waals surface area contributed by atoms with Crippen LogP contribution in [-0.2, 0) is 0 Å². The quantitative estimate of drug-likeness (QED) is 0.787. The predicted octanol–water partition coefficient (Wildman–Crippen LogP) is 3.31. The summed E-state index contributed by atoms with van der Waals surface area (Å²) in [6.07, 6.45) is 2.53. The number of aryl methyl sites for hydroxylation is 2. The Morgan fingerprint density at radius 3 is 2.69 bits per heavy atom. The van der Waals surface area contributed by atoms with Crippen LogP contribution in [0.15, 0.2) is 18.2 Å². The molecule has 0 amide bonds. The van der Waals surface area contributed by atoms with Crippen LogP contribution in [0.1, 0.15) is 35.6 Å². The van der Waals surface area contributed by atoms with Crippen molar-refractivity contribution in [2.24, 2.45) is 0 Å². The van der Waals surface area contributed by atoms with Crippen LogP contribution in [0.5, 0.6) is 0 Å². The Kier molecular flexibility index (Phi) is 1.93. The summed E-state index contributed by atoms with van der Waals surface area (Å²) in [5, 5.41) is 1.09. The summed E-state index contributed by atoms with van der Waals surface area (Å²) in [6, 6.07) is 6.25. The third-order valence-corrected chi connectivity index (χ3v) is 3.55. The van der Waals surface area contributed by atoms with Gasteiger partial charge in [-0.1, -0.05) is 12.1 Å². The number of nitrogen functional groups attached to an aromatic ring is 1. The fourth-order valence-electron chi connectivity index (χ4n) is 2.16. The summed E-state index contributed by atoms with van der Waals surface area (Å²) < 4.78 is 0. The lowest BCUT2D eigenvalue weighted by Crippen LogP contribution is -1.97. The lowest BCUT2D eigenvalue weighted by atomic mass is 10.0. The molecule has 0 aliphatic heterocycles. The number of hydrogen-bond donors (Lipinski definition) is 1. The molecule has 1 aliphatic carbocycles. The fourth-order valence-corrected chi connectivity index (χ4v) is 2.16. The second kappa shape index (κ2) is 3.21. The maximum absolute atomic E-state index is 6.10. The van der Waals surface area contributed by atoms with Gasteiger partial charge in [-0.15, -0.1) is 0 Å². The van der Waals surface area contributed by atoms with Crippen molar-refractivity contribution < 1.29 is 0 Å². The Hall–Kier alpha value is -1.57. The smallest absolute Gasteiger partial charge is 0.0757 e. The Morgan fingerprint density at radius 2 is 2.00 bits per heavy atom. The summed E-state index contributed by atoms with van der Waals surface area (Å²) in [6.45, 7) is 4.25. The van der Waals surface area contributed by atoms with Gasteiger partial charge in [0.05, 0.1) is 5.52 Å². The molecule has 0 spiro atoms. The molecule has 0 saturated heterocycles. The number of pyridine rings is 1. The Labute approximate surface area is 95.5 Å². The van der Waals surface area contributed by atoms with E-state index in [2.05, 4.69) is 32.0 Å². The standard InChI is InChI=1S/C14H16N2/c1-8-3-6-11-12(15)7-13(10-4-5-10)16-14(11)9(8)2/h3,6-7,10H,4-5H2,1-2H3,(H2,15,16). The van der Waals surface area contributed by atoms with Crippen molar-refractivity contribution in [3.63, 3.8) is 0 Å². The van der Waals surface area contributed by atoms with E-state index in [9.17, 15) is 0 Å². The third-order valence-electron chi connectivity index (χ3n) is 3.55. The predicted molar refractivity (Wildman–Crippen MR) is 67.6 cm³/mol. The third kappa shape index (κ3) is 1.37. The first kappa shape index (κ1) is 9.64. The van der Waals surface area contributed by atoms with Gasteiger partial charge in [0, 0.05) is 22.7 Å². The van der Waals surface area contributed by atoms with E-state index >= 15 is 0 Å². The van der Waals surface area contributed by atoms with Gasteiger partial charge in [-0.2, -0.15) is 0 Å². The first-order valence-corrected chi connectivity index (χ1v) is 5.83. The molecule has 3 rings (SSSR count). The zero-order valence-corrected chi connectivity index (χ0v) is 9.75. The minimum Gasteiger partial charge on any atom is -0.398 e. The monoisotopic (exact) mass is 212 g/mol. The average Bonchev–Trinajstić information content (AvgIpc) is 3.07. The van der Waals surface area contributed by atoms with Crippen LogP contribution >= 0.6 is 0 Å². The van der Waals surface area contributed by atoms with Gasteiger partial charge in [-0.05, 0) is 43.9 Å². The summed E-state index contributed by atoms with van der Waals surface area (Å²) in [5.74, 6) is 0.659. The lowest BCUT2D eigenvalue weighted by Gasteiger charge is -2.09. The molecule has 2 N–H and O–H groups in total. The number of nitrogens with zero attached hydrogens (tertiary/aromatic N) is 1. The molecular formula is C14H16N2. The summed E-state index contributed by atoms with van der Waals surface area (Å²) in [7, 11) is 0. The van der Waals surface area contributed by atoms with Gasteiger partial charge in [0.1, 0.15) is 0 Å². The molecule has 0 radical (unpaired) electrons. The molecule has 82 valence electrons. The first-order valence-electron chi connectivity index (χ1n) is 5.83. The first-order chi connectivity index (χ1) is 7.66. The van der Waals surface area contributed by atoms with E-state index in [1.807, 2.05) is 0 Å². The number of rotatable bonds is 1. The average molecular weight is 212 g/mol. The van der Waals surface area contributed by atoms with Crippen molar-refractivity contribution >= 4 is 16.6 Å². The number of fused-ring (bicyclic) bond motifs is 1. The molecule has 1 aromatic heterocycles. The van der Waals surface area contributed by atoms with Crippen LogP contribution in [0.2, 0.25) is 0 Å². The van der Waals surface area contributed by atoms with Crippen molar-refractivity contribution in [2.45, 2.75) is 32.6 Å². The van der Waals surface area contributed by atoms with Gasteiger partial charge >= 0.3 is 0 Å². The molecule has 0 bridgehead atoms. The van der Waals surface area contributed by atoms with Gasteiger partial charge in [0.25, 0.3) is 0 Å². The topological polar surface area (TPSA) is 38.9 Å². The largest absolute Gasteiger partial charge is 0.398 e. The van der Waals surface area contributed by atoms with Crippen LogP contribution in [0.25, 0.3) is 10.9 Å². The summed E-state index contributed by atoms with van der Waals surface area (Å²) in [5.41, 5.74) is 11.8. The summed E-state index contributed by atoms with van der Waals surface area (Å²) >= 11 is 0. The second-order valence-electron chi connectivity index (χ2n) is 4.81. The minimum atomic E-state index is 0.659. The molecule has 1 heterocycles. The zero-order chi connectivity index (χ0) is 11.3. The molecule has 2 nitrogen and oxygen atoms in total. The van der Waals surface area contributed by atoms with Gasteiger partial charge in [-0.25, -0.2) is 0 Å². The van der Waals surface area contributed by atoms with Gasteiger partial charge in [0.2, 0.25) is 0 Å². The van der Waals surface area contributed by atoms with Crippen LogP contribution < -0.4 is 5.73 Å². The van der Waals surface area contributed by atoms with E-state index in [0.717, 1.165) is 16.6 Å². The highest BCUT2D eigenvalue weighted by atomic mass is 14.7. The van der Waals surface area contributed by atoms with E-state index < -0.39 is 0 Å². The number of nitrogens with two attached hydrogens (primary N) is 1.